The van der Waals surface area contributed by atoms with Crippen molar-refractivity contribution in [2.75, 3.05) is 0 Å². The van der Waals surface area contributed by atoms with Gasteiger partial charge in [-0.2, -0.15) is 5.10 Å². The zero-order valence-electron chi connectivity index (χ0n) is 10.6. The molecule has 16 heavy (non-hydrogen) atoms. The molecule has 1 atom stereocenters. The molecule has 2 rings (SSSR count). The van der Waals surface area contributed by atoms with Crippen molar-refractivity contribution in [2.45, 2.75) is 39.5 Å². The molecule has 0 aliphatic rings. The SMILES string of the molecule is CCC[C@H](C)c1ccc2c(c1)c(C)nn2C. The van der Waals surface area contributed by atoms with Gasteiger partial charge >= 0.3 is 0 Å². The minimum absolute atomic E-state index is 0.647. The largest absolute Gasteiger partial charge is 0.268 e. The number of rotatable bonds is 3. The Balaban J connectivity index is 2.47. The van der Waals surface area contributed by atoms with Gasteiger partial charge in [-0.3, -0.25) is 4.68 Å². The van der Waals surface area contributed by atoms with Gasteiger partial charge in [0, 0.05) is 12.4 Å². The second-order valence-electron chi connectivity index (χ2n) is 4.68. The van der Waals surface area contributed by atoms with Crippen molar-refractivity contribution in [1.29, 1.82) is 0 Å². The smallest absolute Gasteiger partial charge is 0.0682 e. The molecule has 0 amide bonds. The standard InChI is InChI=1S/C14H20N2/c1-5-6-10(2)12-7-8-14-13(9-12)11(3)15-16(14)4/h7-10H,5-6H2,1-4H3/t10-/m0/s1. The second kappa shape index (κ2) is 4.28. The summed E-state index contributed by atoms with van der Waals surface area (Å²) in [5, 5.41) is 5.75. The summed E-state index contributed by atoms with van der Waals surface area (Å²) in [5.41, 5.74) is 3.79. The molecule has 1 aromatic heterocycles. The Morgan fingerprint density at radius 1 is 1.38 bits per heavy atom. The fraction of sp³-hybridized carbons (Fsp3) is 0.500. The fourth-order valence-corrected chi connectivity index (χ4v) is 2.36. The summed E-state index contributed by atoms with van der Waals surface area (Å²) in [5.74, 6) is 0.647. The third kappa shape index (κ3) is 1.84. The first-order valence-electron chi connectivity index (χ1n) is 6.06. The quantitative estimate of drug-likeness (QED) is 0.763. The zero-order valence-corrected chi connectivity index (χ0v) is 10.6. The summed E-state index contributed by atoms with van der Waals surface area (Å²) in [4.78, 5) is 0. The van der Waals surface area contributed by atoms with E-state index in [9.17, 15) is 0 Å². The summed E-state index contributed by atoms with van der Waals surface area (Å²) in [7, 11) is 2.00. The highest BCUT2D eigenvalue weighted by molar-refractivity contribution is 5.82. The van der Waals surface area contributed by atoms with Crippen LogP contribution in [0.5, 0.6) is 0 Å². The first-order chi connectivity index (χ1) is 7.63. The highest BCUT2D eigenvalue weighted by Gasteiger charge is 2.09. The maximum Gasteiger partial charge on any atom is 0.0682 e. The lowest BCUT2D eigenvalue weighted by Gasteiger charge is -2.10. The molecule has 0 fully saturated rings. The van der Waals surface area contributed by atoms with Gasteiger partial charge < -0.3 is 0 Å². The van der Waals surface area contributed by atoms with E-state index in [1.807, 2.05) is 11.7 Å². The van der Waals surface area contributed by atoms with Gasteiger partial charge in [0.15, 0.2) is 0 Å². The van der Waals surface area contributed by atoms with Gasteiger partial charge in [0.1, 0.15) is 0 Å². The molecule has 0 saturated carbocycles. The van der Waals surface area contributed by atoms with E-state index in [4.69, 9.17) is 0 Å². The summed E-state index contributed by atoms with van der Waals surface area (Å²) < 4.78 is 1.96. The number of hydrogen-bond donors (Lipinski definition) is 0. The van der Waals surface area contributed by atoms with Gasteiger partial charge in [0.2, 0.25) is 0 Å². The summed E-state index contributed by atoms with van der Waals surface area (Å²) in [6, 6.07) is 6.73. The molecule has 0 aliphatic carbocycles. The highest BCUT2D eigenvalue weighted by atomic mass is 15.3. The predicted octanol–water partition coefficient (Wildman–Crippen LogP) is 3.79. The van der Waals surface area contributed by atoms with Crippen LogP contribution in [0.4, 0.5) is 0 Å². The van der Waals surface area contributed by atoms with Gasteiger partial charge in [0.25, 0.3) is 0 Å². The first kappa shape index (κ1) is 11.2. The maximum atomic E-state index is 4.45. The Bertz CT molecular complexity index is 497. The summed E-state index contributed by atoms with van der Waals surface area (Å²) >= 11 is 0. The van der Waals surface area contributed by atoms with Crippen LogP contribution in [0.25, 0.3) is 10.9 Å². The average Bonchev–Trinajstić information content (AvgIpc) is 2.55. The molecular weight excluding hydrogens is 196 g/mol. The summed E-state index contributed by atoms with van der Waals surface area (Å²) in [6.07, 6.45) is 2.50. The predicted molar refractivity (Wildman–Crippen MR) is 68.8 cm³/mol. The van der Waals surface area contributed by atoms with E-state index in [-0.39, 0.29) is 0 Å². The van der Waals surface area contributed by atoms with Crippen LogP contribution in [0.2, 0.25) is 0 Å². The average molecular weight is 216 g/mol. The van der Waals surface area contributed by atoms with Crippen LogP contribution in [0, 0.1) is 6.92 Å². The maximum absolute atomic E-state index is 4.45. The third-order valence-electron chi connectivity index (χ3n) is 3.35. The highest BCUT2D eigenvalue weighted by Crippen LogP contribution is 2.26. The lowest BCUT2D eigenvalue weighted by atomic mass is 9.95. The zero-order chi connectivity index (χ0) is 11.7. The third-order valence-corrected chi connectivity index (χ3v) is 3.35. The normalized spacial score (nSPS) is 13.2. The Kier molecular flexibility index (Phi) is 2.99. The van der Waals surface area contributed by atoms with Gasteiger partial charge in [-0.25, -0.2) is 0 Å². The first-order valence-corrected chi connectivity index (χ1v) is 6.06. The Morgan fingerprint density at radius 2 is 2.12 bits per heavy atom. The molecule has 0 radical (unpaired) electrons. The molecule has 2 heteroatoms. The van der Waals surface area contributed by atoms with Gasteiger partial charge in [-0.15, -0.1) is 0 Å². The number of hydrogen-bond acceptors (Lipinski definition) is 1. The number of nitrogens with zero attached hydrogens (tertiary/aromatic N) is 2. The van der Waals surface area contributed by atoms with Crippen LogP contribution in [-0.2, 0) is 7.05 Å². The molecule has 0 unspecified atom stereocenters. The molecule has 0 aliphatic heterocycles. The monoisotopic (exact) mass is 216 g/mol. The molecule has 0 bridgehead atoms. The molecule has 1 aromatic carbocycles. The summed E-state index contributed by atoms with van der Waals surface area (Å²) in [6.45, 7) is 6.62. The van der Waals surface area contributed by atoms with Crippen molar-refractivity contribution < 1.29 is 0 Å². The van der Waals surface area contributed by atoms with Gasteiger partial charge in [0.05, 0.1) is 11.2 Å². The van der Waals surface area contributed by atoms with E-state index in [1.165, 1.54) is 29.3 Å². The van der Waals surface area contributed by atoms with Crippen molar-refractivity contribution >= 4 is 10.9 Å². The molecule has 0 spiro atoms. The van der Waals surface area contributed by atoms with Crippen LogP contribution < -0.4 is 0 Å². The van der Waals surface area contributed by atoms with E-state index in [1.54, 1.807) is 0 Å². The van der Waals surface area contributed by atoms with Crippen molar-refractivity contribution in [1.82, 2.24) is 9.78 Å². The number of benzene rings is 1. The van der Waals surface area contributed by atoms with Crippen LogP contribution in [0.1, 0.15) is 43.9 Å². The van der Waals surface area contributed by atoms with Crippen molar-refractivity contribution in [3.63, 3.8) is 0 Å². The molecule has 1 heterocycles. The van der Waals surface area contributed by atoms with E-state index < -0.39 is 0 Å². The van der Waals surface area contributed by atoms with Gasteiger partial charge in [-0.05, 0) is 37.0 Å². The van der Waals surface area contributed by atoms with E-state index >= 15 is 0 Å². The number of aromatic nitrogens is 2. The molecule has 0 N–H and O–H groups in total. The minimum Gasteiger partial charge on any atom is -0.268 e. The lowest BCUT2D eigenvalue weighted by Crippen LogP contribution is -1.93. The van der Waals surface area contributed by atoms with Crippen LogP contribution in [-0.4, -0.2) is 9.78 Å². The number of aryl methyl sites for hydroxylation is 2. The van der Waals surface area contributed by atoms with E-state index in [2.05, 4.69) is 44.1 Å². The molecule has 86 valence electrons. The number of fused-ring (bicyclic) bond motifs is 1. The molecular formula is C14H20N2. The molecule has 2 nitrogen and oxygen atoms in total. The topological polar surface area (TPSA) is 17.8 Å². The van der Waals surface area contributed by atoms with Crippen molar-refractivity contribution in [2.24, 2.45) is 7.05 Å². The molecule has 2 aromatic rings. The van der Waals surface area contributed by atoms with Crippen LogP contribution in [0.15, 0.2) is 18.2 Å². The van der Waals surface area contributed by atoms with E-state index in [0.717, 1.165) is 5.69 Å². The van der Waals surface area contributed by atoms with Crippen molar-refractivity contribution in [3.05, 3.63) is 29.5 Å². The van der Waals surface area contributed by atoms with Crippen molar-refractivity contribution in [3.8, 4) is 0 Å². The Morgan fingerprint density at radius 3 is 2.81 bits per heavy atom. The molecule has 0 saturated heterocycles. The lowest BCUT2D eigenvalue weighted by molar-refractivity contribution is 0.665. The Hall–Kier alpha value is -1.31. The Labute approximate surface area is 97.3 Å². The van der Waals surface area contributed by atoms with Gasteiger partial charge in [-0.1, -0.05) is 26.3 Å². The van der Waals surface area contributed by atoms with Crippen LogP contribution in [0.3, 0.4) is 0 Å². The minimum atomic E-state index is 0.647. The fourth-order valence-electron chi connectivity index (χ4n) is 2.36. The van der Waals surface area contributed by atoms with Crippen LogP contribution >= 0.6 is 0 Å². The second-order valence-corrected chi connectivity index (χ2v) is 4.68. The van der Waals surface area contributed by atoms with E-state index in [0.29, 0.717) is 5.92 Å².